The summed E-state index contributed by atoms with van der Waals surface area (Å²) in [6, 6.07) is 1.40. The van der Waals surface area contributed by atoms with Crippen LogP contribution in [0.25, 0.3) is 0 Å². The SMILES string of the molecule is C[SiH](C)CCCNCCOCCOCCOCCOCCC(=O)O. The predicted molar refractivity (Wildman–Crippen MR) is 96.7 cm³/mol. The van der Waals surface area contributed by atoms with Gasteiger partial charge in [-0.25, -0.2) is 0 Å². The largest absolute Gasteiger partial charge is 0.481 e. The molecule has 0 bridgehead atoms. The summed E-state index contributed by atoms with van der Waals surface area (Å²) in [6.45, 7) is 10.7. The molecule has 0 fully saturated rings. The molecular formula is C16H35NO6Si. The predicted octanol–water partition coefficient (Wildman–Crippen LogP) is 0.994. The Balaban J connectivity index is 2.99. The molecule has 0 saturated heterocycles. The van der Waals surface area contributed by atoms with Crippen molar-refractivity contribution in [1.82, 2.24) is 5.32 Å². The lowest BCUT2D eigenvalue weighted by Crippen LogP contribution is -2.22. The van der Waals surface area contributed by atoms with Crippen LogP contribution in [0, 0.1) is 0 Å². The second-order valence-electron chi connectivity index (χ2n) is 5.88. The Bertz CT molecular complexity index is 281. The van der Waals surface area contributed by atoms with E-state index in [1.807, 2.05) is 0 Å². The number of rotatable bonds is 19. The van der Waals surface area contributed by atoms with E-state index in [1.54, 1.807) is 0 Å². The van der Waals surface area contributed by atoms with Gasteiger partial charge in [0.2, 0.25) is 0 Å². The highest BCUT2D eigenvalue weighted by atomic mass is 28.3. The number of carboxylic acid groups (broad SMARTS) is 1. The maximum atomic E-state index is 10.2. The van der Waals surface area contributed by atoms with Gasteiger partial charge in [0.05, 0.1) is 59.3 Å². The van der Waals surface area contributed by atoms with Crippen molar-refractivity contribution in [2.75, 3.05) is 65.9 Å². The summed E-state index contributed by atoms with van der Waals surface area (Å²) in [5, 5.41) is 11.8. The van der Waals surface area contributed by atoms with Crippen molar-refractivity contribution in [1.29, 1.82) is 0 Å². The number of carbonyl (C=O) groups is 1. The Kier molecular flexibility index (Phi) is 18.4. The Morgan fingerprint density at radius 1 is 0.833 bits per heavy atom. The van der Waals surface area contributed by atoms with E-state index < -0.39 is 14.8 Å². The highest BCUT2D eigenvalue weighted by molar-refractivity contribution is 6.55. The van der Waals surface area contributed by atoms with Crippen LogP contribution in [0.4, 0.5) is 0 Å². The zero-order valence-corrected chi connectivity index (χ0v) is 16.4. The van der Waals surface area contributed by atoms with Gasteiger partial charge in [-0.15, -0.1) is 0 Å². The second kappa shape index (κ2) is 18.8. The topological polar surface area (TPSA) is 86.3 Å². The number of aliphatic carboxylic acids is 1. The molecule has 0 aliphatic rings. The molecule has 144 valence electrons. The monoisotopic (exact) mass is 365 g/mol. The summed E-state index contributed by atoms with van der Waals surface area (Å²) >= 11 is 0. The first-order valence-corrected chi connectivity index (χ1v) is 12.0. The van der Waals surface area contributed by atoms with E-state index in [4.69, 9.17) is 24.1 Å². The molecule has 0 radical (unpaired) electrons. The first-order chi connectivity index (χ1) is 11.6. The van der Waals surface area contributed by atoms with E-state index in [0.717, 1.165) is 13.1 Å². The molecule has 2 N–H and O–H groups in total. The molecule has 24 heavy (non-hydrogen) atoms. The van der Waals surface area contributed by atoms with Crippen LogP contribution >= 0.6 is 0 Å². The summed E-state index contributed by atoms with van der Waals surface area (Å²) in [5.41, 5.74) is 0. The van der Waals surface area contributed by atoms with Crippen molar-refractivity contribution >= 4 is 14.8 Å². The van der Waals surface area contributed by atoms with Gasteiger partial charge in [-0.1, -0.05) is 19.1 Å². The fourth-order valence-electron chi connectivity index (χ4n) is 1.83. The van der Waals surface area contributed by atoms with Gasteiger partial charge in [0.1, 0.15) is 0 Å². The molecule has 0 saturated carbocycles. The fraction of sp³-hybridized carbons (Fsp3) is 0.938. The normalized spacial score (nSPS) is 11.3. The molecule has 0 heterocycles. The zero-order valence-electron chi connectivity index (χ0n) is 15.3. The molecular weight excluding hydrogens is 330 g/mol. The van der Waals surface area contributed by atoms with Crippen LogP contribution in [0.5, 0.6) is 0 Å². The van der Waals surface area contributed by atoms with Crippen LogP contribution < -0.4 is 5.32 Å². The highest BCUT2D eigenvalue weighted by Crippen LogP contribution is 1.94. The quantitative estimate of drug-likeness (QED) is 0.261. The van der Waals surface area contributed by atoms with Crippen molar-refractivity contribution in [2.24, 2.45) is 0 Å². The second-order valence-corrected chi connectivity index (χ2v) is 9.24. The van der Waals surface area contributed by atoms with Gasteiger partial charge in [0.25, 0.3) is 0 Å². The minimum absolute atomic E-state index is 0.0259. The van der Waals surface area contributed by atoms with Gasteiger partial charge < -0.3 is 29.4 Å². The number of hydrogen-bond donors (Lipinski definition) is 2. The van der Waals surface area contributed by atoms with E-state index in [-0.39, 0.29) is 13.0 Å². The van der Waals surface area contributed by atoms with E-state index in [0.29, 0.717) is 46.2 Å². The maximum absolute atomic E-state index is 10.2. The lowest BCUT2D eigenvalue weighted by Gasteiger charge is -2.08. The first kappa shape index (κ1) is 23.5. The summed E-state index contributed by atoms with van der Waals surface area (Å²) in [5.74, 6) is -0.852. The number of carboxylic acids is 1. The van der Waals surface area contributed by atoms with Gasteiger partial charge >= 0.3 is 5.97 Å². The Hall–Kier alpha value is -0.513. The molecule has 8 heteroatoms. The van der Waals surface area contributed by atoms with Crippen LogP contribution in [0.15, 0.2) is 0 Å². The standard InChI is InChI=1S/C16H35NO6Si/c1-24(2)15-3-5-17-6-8-21-10-12-23-14-13-22-11-9-20-7-4-16(18)19/h17,24H,3-15H2,1-2H3,(H,18,19). The van der Waals surface area contributed by atoms with E-state index in [2.05, 4.69) is 18.4 Å². The Morgan fingerprint density at radius 3 is 1.83 bits per heavy atom. The van der Waals surface area contributed by atoms with Crippen molar-refractivity contribution in [3.05, 3.63) is 0 Å². The average molecular weight is 366 g/mol. The van der Waals surface area contributed by atoms with Crippen molar-refractivity contribution in [3.8, 4) is 0 Å². The fourth-order valence-corrected chi connectivity index (χ4v) is 2.85. The molecule has 0 aromatic heterocycles. The molecule has 0 amide bonds. The van der Waals surface area contributed by atoms with Crippen molar-refractivity contribution in [2.45, 2.75) is 32.0 Å². The number of nitrogens with one attached hydrogen (secondary N) is 1. The van der Waals surface area contributed by atoms with Gasteiger partial charge in [0, 0.05) is 15.3 Å². The molecule has 0 atom stereocenters. The van der Waals surface area contributed by atoms with Crippen LogP contribution in [0.1, 0.15) is 12.8 Å². The Morgan fingerprint density at radius 2 is 1.33 bits per heavy atom. The van der Waals surface area contributed by atoms with Gasteiger partial charge in [-0.3, -0.25) is 4.79 Å². The van der Waals surface area contributed by atoms with Crippen LogP contribution in [0.2, 0.25) is 19.1 Å². The minimum Gasteiger partial charge on any atom is -0.481 e. The van der Waals surface area contributed by atoms with Gasteiger partial charge in [0.15, 0.2) is 0 Å². The molecule has 0 aromatic carbocycles. The molecule has 0 aliphatic heterocycles. The molecule has 0 aliphatic carbocycles. The molecule has 7 nitrogen and oxygen atoms in total. The maximum Gasteiger partial charge on any atom is 0.305 e. The van der Waals surface area contributed by atoms with E-state index in [1.165, 1.54) is 12.5 Å². The van der Waals surface area contributed by atoms with Crippen molar-refractivity contribution in [3.63, 3.8) is 0 Å². The van der Waals surface area contributed by atoms with Gasteiger partial charge in [-0.2, -0.15) is 0 Å². The smallest absolute Gasteiger partial charge is 0.305 e. The zero-order chi connectivity index (χ0) is 17.9. The van der Waals surface area contributed by atoms with Crippen LogP contribution in [-0.2, 0) is 23.7 Å². The third kappa shape index (κ3) is 21.5. The lowest BCUT2D eigenvalue weighted by molar-refractivity contribution is -0.138. The molecule has 0 rings (SSSR count). The molecule has 0 aromatic rings. The Labute approximate surface area is 147 Å². The van der Waals surface area contributed by atoms with E-state index >= 15 is 0 Å². The summed E-state index contributed by atoms with van der Waals surface area (Å²) in [7, 11) is -0.395. The average Bonchev–Trinajstić information content (AvgIpc) is 2.53. The number of hydrogen-bond acceptors (Lipinski definition) is 6. The third-order valence-electron chi connectivity index (χ3n) is 3.13. The summed E-state index contributed by atoms with van der Waals surface area (Å²) in [4.78, 5) is 10.2. The third-order valence-corrected chi connectivity index (χ3v) is 4.70. The minimum atomic E-state index is -0.852. The van der Waals surface area contributed by atoms with Crippen LogP contribution in [-0.4, -0.2) is 85.8 Å². The molecule has 0 unspecified atom stereocenters. The van der Waals surface area contributed by atoms with Crippen LogP contribution in [0.3, 0.4) is 0 Å². The summed E-state index contributed by atoms with van der Waals surface area (Å²) < 4.78 is 21.2. The highest BCUT2D eigenvalue weighted by Gasteiger charge is 1.97. The first-order valence-electron chi connectivity index (χ1n) is 8.86. The van der Waals surface area contributed by atoms with E-state index in [9.17, 15) is 4.79 Å². The number of ether oxygens (including phenoxy) is 4. The van der Waals surface area contributed by atoms with Crippen molar-refractivity contribution < 1.29 is 28.8 Å². The summed E-state index contributed by atoms with van der Waals surface area (Å²) in [6.07, 6.45) is 1.30. The lowest BCUT2D eigenvalue weighted by atomic mass is 10.5. The molecule has 0 spiro atoms. The van der Waals surface area contributed by atoms with Gasteiger partial charge in [-0.05, 0) is 13.0 Å².